The highest BCUT2D eigenvalue weighted by atomic mass is 32.3. The molecule has 8 fully saturated rings. The Kier molecular flexibility index (Phi) is 5.80. The topological polar surface area (TPSA) is 104 Å². The van der Waals surface area contributed by atoms with E-state index < -0.39 is 20.4 Å². The first-order valence-electron chi connectivity index (χ1n) is 12.9. The molecule has 0 amide bonds. The minimum Gasteiger partial charge on any atom is -0.198 e. The van der Waals surface area contributed by atoms with Crippen molar-refractivity contribution in [3.05, 3.63) is 23.3 Å². The van der Waals surface area contributed by atoms with Crippen LogP contribution in [0.15, 0.2) is 23.3 Å². The highest BCUT2D eigenvalue weighted by Gasteiger charge is 2.45. The van der Waals surface area contributed by atoms with Crippen molar-refractivity contribution in [3.63, 3.8) is 0 Å². The second-order valence-electron chi connectivity index (χ2n) is 11.8. The highest BCUT2D eigenvalue weighted by Crippen LogP contribution is 2.57. The maximum atomic E-state index is 12.4. The smallest absolute Gasteiger partial charge is 0.198 e. The lowest BCUT2D eigenvalue weighted by Crippen LogP contribution is -2.46. The lowest BCUT2D eigenvalue weighted by atomic mass is 9.54. The SMILES string of the molecule is O=S(=O)(NCC=C1C2CC3CC(C2)CC1C3)NS(=O)(=O)NCC=C1C2CC3CC(C2)CC1C3. The third-order valence-electron chi connectivity index (χ3n) is 9.60. The second kappa shape index (κ2) is 8.43. The Labute approximate surface area is 198 Å². The summed E-state index contributed by atoms with van der Waals surface area (Å²) in [6.45, 7) is 0.274. The van der Waals surface area contributed by atoms with Gasteiger partial charge in [0.2, 0.25) is 0 Å². The van der Waals surface area contributed by atoms with Crippen LogP contribution in [0.2, 0.25) is 0 Å². The largest absolute Gasteiger partial charge is 0.291 e. The van der Waals surface area contributed by atoms with Crippen molar-refractivity contribution in [2.75, 3.05) is 13.1 Å². The lowest BCUT2D eigenvalue weighted by Gasteiger charge is -2.51. The van der Waals surface area contributed by atoms with E-state index in [4.69, 9.17) is 0 Å². The molecule has 0 heterocycles. The molecule has 8 saturated carbocycles. The van der Waals surface area contributed by atoms with Gasteiger partial charge in [0, 0.05) is 13.1 Å². The van der Waals surface area contributed by atoms with Crippen molar-refractivity contribution in [2.24, 2.45) is 47.3 Å². The van der Waals surface area contributed by atoms with Gasteiger partial charge in [-0.2, -0.15) is 26.3 Å². The number of rotatable bonds is 8. The third kappa shape index (κ3) is 4.73. The van der Waals surface area contributed by atoms with Gasteiger partial charge in [0.05, 0.1) is 0 Å². The van der Waals surface area contributed by atoms with E-state index in [0.717, 1.165) is 23.7 Å². The molecule has 0 aliphatic heterocycles. The van der Waals surface area contributed by atoms with Crippen LogP contribution in [0.5, 0.6) is 0 Å². The predicted molar refractivity (Wildman–Crippen MR) is 127 cm³/mol. The van der Waals surface area contributed by atoms with E-state index in [-0.39, 0.29) is 13.1 Å². The van der Waals surface area contributed by atoms with Crippen LogP contribution in [-0.2, 0) is 20.4 Å². The molecule has 8 aliphatic rings. The van der Waals surface area contributed by atoms with Gasteiger partial charge in [-0.3, -0.25) is 0 Å². The molecule has 0 saturated heterocycles. The Morgan fingerprint density at radius 2 is 0.848 bits per heavy atom. The van der Waals surface area contributed by atoms with Gasteiger partial charge in [-0.1, -0.05) is 27.4 Å². The van der Waals surface area contributed by atoms with E-state index in [2.05, 4.69) is 9.44 Å². The van der Waals surface area contributed by atoms with Gasteiger partial charge in [-0.05, 0) is 112 Å². The molecule has 0 radical (unpaired) electrons. The summed E-state index contributed by atoms with van der Waals surface area (Å²) >= 11 is 0. The van der Waals surface area contributed by atoms with Crippen molar-refractivity contribution < 1.29 is 16.8 Å². The second-order valence-corrected chi connectivity index (χ2v) is 15.1. The van der Waals surface area contributed by atoms with E-state index in [9.17, 15) is 16.8 Å². The van der Waals surface area contributed by atoms with Crippen molar-refractivity contribution in [1.82, 2.24) is 13.6 Å². The lowest BCUT2D eigenvalue weighted by molar-refractivity contribution is 0.0693. The van der Waals surface area contributed by atoms with E-state index in [1.807, 2.05) is 12.2 Å². The summed E-state index contributed by atoms with van der Waals surface area (Å²) in [4.78, 5) is 0. The van der Waals surface area contributed by atoms with Crippen LogP contribution in [0.3, 0.4) is 0 Å². The molecular weight excluding hydrogens is 458 g/mol. The van der Waals surface area contributed by atoms with E-state index in [1.54, 1.807) is 4.13 Å². The van der Waals surface area contributed by atoms with Gasteiger partial charge < -0.3 is 0 Å². The van der Waals surface area contributed by atoms with Crippen molar-refractivity contribution in [3.8, 4) is 0 Å². The Morgan fingerprint density at radius 3 is 1.15 bits per heavy atom. The molecule has 0 aromatic heterocycles. The molecule has 8 aliphatic carbocycles. The summed E-state index contributed by atoms with van der Waals surface area (Å²) in [5.74, 6) is 5.82. The Morgan fingerprint density at radius 1 is 0.545 bits per heavy atom. The quantitative estimate of drug-likeness (QED) is 0.450. The minimum absolute atomic E-state index is 0.137. The summed E-state index contributed by atoms with van der Waals surface area (Å²) in [5.41, 5.74) is 2.79. The van der Waals surface area contributed by atoms with Crippen LogP contribution in [0.1, 0.15) is 64.2 Å². The normalized spacial score (nSPS) is 41.1. The Balaban J connectivity index is 1.01. The Hall–Kier alpha value is -0.740. The first kappa shape index (κ1) is 22.7. The first-order chi connectivity index (χ1) is 15.7. The zero-order chi connectivity index (χ0) is 22.8. The van der Waals surface area contributed by atoms with Gasteiger partial charge in [0.1, 0.15) is 0 Å². The van der Waals surface area contributed by atoms with Gasteiger partial charge in [0.25, 0.3) is 20.4 Å². The van der Waals surface area contributed by atoms with Crippen LogP contribution < -0.4 is 13.6 Å². The van der Waals surface area contributed by atoms with E-state index in [1.165, 1.54) is 75.4 Å². The summed E-state index contributed by atoms with van der Waals surface area (Å²) in [6.07, 6.45) is 16.7. The third-order valence-corrected chi connectivity index (χ3v) is 12.5. The molecule has 7 nitrogen and oxygen atoms in total. The molecule has 9 heteroatoms. The molecule has 0 spiro atoms. The molecule has 8 rings (SSSR count). The molecule has 184 valence electrons. The van der Waals surface area contributed by atoms with Crippen LogP contribution in [0.25, 0.3) is 0 Å². The van der Waals surface area contributed by atoms with Crippen LogP contribution >= 0.6 is 0 Å². The zero-order valence-corrected chi connectivity index (χ0v) is 20.8. The van der Waals surface area contributed by atoms with Gasteiger partial charge in [-0.25, -0.2) is 0 Å². The number of nitrogens with one attached hydrogen (secondary N) is 3. The maximum absolute atomic E-state index is 12.4. The highest BCUT2D eigenvalue weighted by molar-refractivity contribution is 8.02. The molecule has 0 aromatic rings. The summed E-state index contributed by atoms with van der Waals surface area (Å²) in [5, 5.41) is 0. The fraction of sp³-hybridized carbons (Fsp3) is 0.833. The molecular formula is C24H37N3O4S2. The van der Waals surface area contributed by atoms with Crippen molar-refractivity contribution in [1.29, 1.82) is 0 Å². The van der Waals surface area contributed by atoms with Gasteiger partial charge in [0.15, 0.2) is 0 Å². The number of hydrogen-bond donors (Lipinski definition) is 3. The van der Waals surface area contributed by atoms with Crippen LogP contribution in [-0.4, -0.2) is 29.9 Å². The standard InChI is InChI=1S/C24H37N3O4S2/c28-32(29,25-3-1-23-19-7-15-5-16(9-19)10-20(23)8-15)27-33(30,31)26-4-2-24-21-11-17-6-18(13-21)14-22(24)12-17/h1-2,15-22,25-27H,3-14H2. The average molecular weight is 496 g/mol. The van der Waals surface area contributed by atoms with Crippen LogP contribution in [0.4, 0.5) is 0 Å². The van der Waals surface area contributed by atoms with Crippen molar-refractivity contribution >= 4 is 20.4 Å². The first-order valence-corrected chi connectivity index (χ1v) is 15.9. The molecule has 3 N–H and O–H groups in total. The summed E-state index contributed by atoms with van der Waals surface area (Å²) < 4.78 is 56.1. The molecule has 0 aromatic carbocycles. The van der Waals surface area contributed by atoms with Gasteiger partial charge >= 0.3 is 0 Å². The summed E-state index contributed by atoms with van der Waals surface area (Å²) in [6, 6.07) is 0. The molecule has 8 bridgehead atoms. The number of hydrogen-bond acceptors (Lipinski definition) is 4. The Bertz CT molecular complexity index is 919. The average Bonchev–Trinajstić information content (AvgIpc) is 2.70. The van der Waals surface area contributed by atoms with Gasteiger partial charge in [-0.15, -0.1) is 0 Å². The maximum Gasteiger partial charge on any atom is 0.291 e. The fourth-order valence-electron chi connectivity index (χ4n) is 8.87. The molecule has 0 unspecified atom stereocenters. The minimum atomic E-state index is -4.15. The molecule has 0 atom stereocenters. The summed E-state index contributed by atoms with van der Waals surface area (Å²) in [7, 11) is -8.31. The van der Waals surface area contributed by atoms with Crippen LogP contribution in [0, 0.1) is 47.3 Å². The monoisotopic (exact) mass is 495 g/mol. The number of allylic oxidation sites excluding steroid dienone is 2. The van der Waals surface area contributed by atoms with E-state index >= 15 is 0 Å². The van der Waals surface area contributed by atoms with E-state index in [0.29, 0.717) is 23.7 Å². The molecule has 33 heavy (non-hydrogen) atoms. The zero-order valence-electron chi connectivity index (χ0n) is 19.2. The fourth-order valence-corrected chi connectivity index (χ4v) is 11.1. The predicted octanol–water partition coefficient (Wildman–Crippen LogP) is 3.01. The van der Waals surface area contributed by atoms with Crippen molar-refractivity contribution in [2.45, 2.75) is 64.2 Å².